The zero-order chi connectivity index (χ0) is 18.9. The lowest BCUT2D eigenvalue weighted by Gasteiger charge is -2.11. The molecule has 5 nitrogen and oxygen atoms in total. The monoisotopic (exact) mass is 489 g/mol. The van der Waals surface area contributed by atoms with Crippen LogP contribution in [0.5, 0.6) is 0 Å². The lowest BCUT2D eigenvalue weighted by Crippen LogP contribution is -2.38. The van der Waals surface area contributed by atoms with Gasteiger partial charge < -0.3 is 10.6 Å². The lowest BCUT2D eigenvalue weighted by molar-refractivity contribution is 0.798. The third-order valence-corrected chi connectivity index (χ3v) is 4.38. The number of nitrogens with one attached hydrogen (secondary N) is 2. The van der Waals surface area contributed by atoms with Crippen LogP contribution in [-0.4, -0.2) is 28.8 Å². The summed E-state index contributed by atoms with van der Waals surface area (Å²) < 4.78 is 1.91. The second-order valence-electron chi connectivity index (χ2n) is 6.43. The van der Waals surface area contributed by atoms with Crippen molar-refractivity contribution in [1.82, 2.24) is 20.4 Å². The first kappa shape index (κ1) is 21.9. The second kappa shape index (κ2) is 11.5. The molecule has 0 atom stereocenters. The average Bonchev–Trinajstić information content (AvgIpc) is 3.17. The van der Waals surface area contributed by atoms with Crippen LogP contribution < -0.4 is 10.6 Å². The van der Waals surface area contributed by atoms with Crippen molar-refractivity contribution in [1.29, 1.82) is 0 Å². The smallest absolute Gasteiger partial charge is 0.191 e. The molecule has 0 aliphatic rings. The van der Waals surface area contributed by atoms with E-state index < -0.39 is 0 Å². The molecule has 0 amide bonds. The van der Waals surface area contributed by atoms with Gasteiger partial charge in [0.05, 0.1) is 18.4 Å². The molecule has 2 N–H and O–H groups in total. The number of nitrogens with zero attached hydrogens (tertiary/aromatic N) is 3. The number of halogens is 1. The quantitative estimate of drug-likeness (QED) is 0.299. The van der Waals surface area contributed by atoms with E-state index in [0.29, 0.717) is 6.54 Å². The van der Waals surface area contributed by atoms with E-state index in [-0.39, 0.29) is 24.0 Å². The van der Waals surface area contributed by atoms with Crippen molar-refractivity contribution in [3.05, 3.63) is 83.7 Å². The zero-order valence-corrected chi connectivity index (χ0v) is 18.8. The molecule has 148 valence electrons. The Morgan fingerprint density at radius 2 is 1.79 bits per heavy atom. The van der Waals surface area contributed by atoms with E-state index >= 15 is 0 Å². The molecule has 28 heavy (non-hydrogen) atoms. The molecule has 2 aromatic carbocycles. The van der Waals surface area contributed by atoms with Gasteiger partial charge in [-0.05, 0) is 49.1 Å². The van der Waals surface area contributed by atoms with Crippen LogP contribution in [0, 0.1) is 6.92 Å². The van der Waals surface area contributed by atoms with Gasteiger partial charge in [-0.1, -0.05) is 42.5 Å². The molecule has 0 aliphatic carbocycles. The fraction of sp³-hybridized carbons (Fsp3) is 0.273. The van der Waals surface area contributed by atoms with Crippen molar-refractivity contribution in [3.8, 4) is 5.69 Å². The van der Waals surface area contributed by atoms with Gasteiger partial charge in [0.1, 0.15) is 0 Å². The average molecular weight is 489 g/mol. The third kappa shape index (κ3) is 6.37. The Morgan fingerprint density at radius 1 is 1.04 bits per heavy atom. The number of guanidine groups is 1. The summed E-state index contributed by atoms with van der Waals surface area (Å²) in [5.74, 6) is 0.844. The second-order valence-corrected chi connectivity index (χ2v) is 6.43. The minimum Gasteiger partial charge on any atom is -0.357 e. The summed E-state index contributed by atoms with van der Waals surface area (Å²) in [6.45, 7) is 6.52. The van der Waals surface area contributed by atoms with Crippen LogP contribution in [0.2, 0.25) is 0 Å². The van der Waals surface area contributed by atoms with E-state index in [2.05, 4.69) is 72.2 Å². The van der Waals surface area contributed by atoms with Gasteiger partial charge in [-0.25, -0.2) is 9.67 Å². The third-order valence-electron chi connectivity index (χ3n) is 4.38. The van der Waals surface area contributed by atoms with Crippen molar-refractivity contribution in [2.24, 2.45) is 4.99 Å². The molecule has 6 heteroatoms. The van der Waals surface area contributed by atoms with Gasteiger partial charge in [0.15, 0.2) is 5.96 Å². The summed E-state index contributed by atoms with van der Waals surface area (Å²) in [5.41, 5.74) is 4.79. The Labute approximate surface area is 184 Å². The zero-order valence-electron chi connectivity index (χ0n) is 16.4. The van der Waals surface area contributed by atoms with E-state index in [1.54, 1.807) is 0 Å². The van der Waals surface area contributed by atoms with Crippen LogP contribution in [0.3, 0.4) is 0 Å². The maximum Gasteiger partial charge on any atom is 0.191 e. The van der Waals surface area contributed by atoms with Crippen molar-refractivity contribution in [3.63, 3.8) is 0 Å². The molecule has 1 heterocycles. The van der Waals surface area contributed by atoms with E-state index in [4.69, 9.17) is 4.99 Å². The molecule has 0 unspecified atom stereocenters. The number of aliphatic imine (C=N–C) groups is 1. The van der Waals surface area contributed by atoms with Crippen LogP contribution in [0.1, 0.15) is 23.6 Å². The summed E-state index contributed by atoms with van der Waals surface area (Å²) in [4.78, 5) is 4.70. The number of rotatable bonds is 7. The van der Waals surface area contributed by atoms with E-state index in [1.165, 1.54) is 16.7 Å². The molecule has 3 aromatic rings. The van der Waals surface area contributed by atoms with Gasteiger partial charge >= 0.3 is 0 Å². The first-order chi connectivity index (χ1) is 13.3. The van der Waals surface area contributed by atoms with Crippen LogP contribution in [0.4, 0.5) is 0 Å². The van der Waals surface area contributed by atoms with Crippen LogP contribution in [0.15, 0.2) is 72.0 Å². The molecule has 0 saturated carbocycles. The van der Waals surface area contributed by atoms with Crippen molar-refractivity contribution in [2.75, 3.05) is 13.1 Å². The van der Waals surface area contributed by atoms with Crippen LogP contribution >= 0.6 is 24.0 Å². The molecular formula is C22H28IN5. The van der Waals surface area contributed by atoms with Crippen LogP contribution in [0.25, 0.3) is 5.69 Å². The van der Waals surface area contributed by atoms with Crippen molar-refractivity contribution in [2.45, 2.75) is 26.8 Å². The molecule has 0 bridgehead atoms. The van der Waals surface area contributed by atoms with Gasteiger partial charge in [0.2, 0.25) is 0 Å². The van der Waals surface area contributed by atoms with E-state index in [1.807, 2.05) is 29.1 Å². The van der Waals surface area contributed by atoms with Crippen LogP contribution in [-0.2, 0) is 13.0 Å². The highest BCUT2D eigenvalue weighted by molar-refractivity contribution is 14.0. The molecular weight excluding hydrogens is 461 g/mol. The molecule has 0 spiro atoms. The molecule has 0 radical (unpaired) electrons. The summed E-state index contributed by atoms with van der Waals surface area (Å²) in [5, 5.41) is 11.2. The Morgan fingerprint density at radius 3 is 2.54 bits per heavy atom. The summed E-state index contributed by atoms with van der Waals surface area (Å²) in [6.07, 6.45) is 4.89. The predicted molar refractivity (Wildman–Crippen MR) is 127 cm³/mol. The van der Waals surface area contributed by atoms with E-state index in [0.717, 1.165) is 31.2 Å². The van der Waals surface area contributed by atoms with Gasteiger partial charge in [-0.2, -0.15) is 5.10 Å². The van der Waals surface area contributed by atoms with E-state index in [9.17, 15) is 0 Å². The van der Waals surface area contributed by atoms with Crippen molar-refractivity contribution >= 4 is 29.9 Å². The molecule has 0 fully saturated rings. The largest absolute Gasteiger partial charge is 0.357 e. The molecule has 3 rings (SSSR count). The minimum atomic E-state index is 0. The molecule has 0 saturated heterocycles. The molecule has 0 aliphatic heterocycles. The fourth-order valence-electron chi connectivity index (χ4n) is 2.83. The molecule has 1 aromatic heterocycles. The highest BCUT2D eigenvalue weighted by Gasteiger charge is 2.03. The lowest BCUT2D eigenvalue weighted by atomic mass is 10.1. The maximum atomic E-state index is 4.70. The summed E-state index contributed by atoms with van der Waals surface area (Å²) in [6, 6.07) is 18.5. The fourth-order valence-corrected chi connectivity index (χ4v) is 2.83. The highest BCUT2D eigenvalue weighted by atomic mass is 127. The number of hydrogen-bond acceptors (Lipinski definition) is 2. The Balaban J connectivity index is 0.00000280. The normalized spacial score (nSPS) is 11.0. The Hall–Kier alpha value is -2.35. The van der Waals surface area contributed by atoms with Gasteiger partial charge in [-0.15, -0.1) is 24.0 Å². The van der Waals surface area contributed by atoms with Gasteiger partial charge in [0.25, 0.3) is 0 Å². The maximum absolute atomic E-state index is 4.70. The SMILES string of the molecule is CCNC(=NCc1ccccc1C)NCCc1cnn(-c2ccccc2)c1.I. The predicted octanol–water partition coefficient (Wildman–Crippen LogP) is 4.10. The number of hydrogen-bond donors (Lipinski definition) is 2. The number of aryl methyl sites for hydroxylation is 1. The van der Waals surface area contributed by atoms with Gasteiger partial charge in [-0.3, -0.25) is 0 Å². The summed E-state index contributed by atoms with van der Waals surface area (Å²) >= 11 is 0. The Kier molecular flexibility index (Phi) is 9.00. The first-order valence-electron chi connectivity index (χ1n) is 9.42. The standard InChI is InChI=1S/C22H27N5.HI/c1-3-23-22(25-16-20-10-8-7-9-18(20)2)24-14-13-19-15-26-27(17-19)21-11-5-4-6-12-21;/h4-12,15,17H,3,13-14,16H2,1-2H3,(H2,23,24,25);1H. The number of para-hydroxylation sites is 1. The summed E-state index contributed by atoms with van der Waals surface area (Å²) in [7, 11) is 0. The highest BCUT2D eigenvalue weighted by Crippen LogP contribution is 2.09. The number of benzene rings is 2. The van der Waals surface area contributed by atoms with Gasteiger partial charge in [0, 0.05) is 19.3 Å². The Bertz CT molecular complexity index is 873. The minimum absolute atomic E-state index is 0. The topological polar surface area (TPSA) is 54.2 Å². The van der Waals surface area contributed by atoms with Crippen molar-refractivity contribution < 1.29 is 0 Å². The first-order valence-corrected chi connectivity index (χ1v) is 9.42. The number of aromatic nitrogens is 2.